The average Bonchev–Trinajstić information content (AvgIpc) is 2.62. The number of ether oxygens (including phenoxy) is 1. The lowest BCUT2D eigenvalue weighted by atomic mass is 10.1. The first-order chi connectivity index (χ1) is 12.6. The SMILES string of the molecule is Cc1cccc(OCCCNC(=O)CCNC(=O)c2ccccc2C)c1. The summed E-state index contributed by atoms with van der Waals surface area (Å²) in [7, 11) is 0. The van der Waals surface area contributed by atoms with E-state index in [4.69, 9.17) is 4.74 Å². The van der Waals surface area contributed by atoms with Crippen LogP contribution < -0.4 is 15.4 Å². The fourth-order valence-electron chi connectivity index (χ4n) is 2.50. The van der Waals surface area contributed by atoms with Crippen LogP contribution in [0, 0.1) is 13.8 Å². The topological polar surface area (TPSA) is 67.4 Å². The summed E-state index contributed by atoms with van der Waals surface area (Å²) in [4.78, 5) is 23.8. The van der Waals surface area contributed by atoms with E-state index in [0.717, 1.165) is 23.3 Å². The Kier molecular flexibility index (Phi) is 7.68. The fourth-order valence-corrected chi connectivity index (χ4v) is 2.50. The summed E-state index contributed by atoms with van der Waals surface area (Å²) in [5, 5.41) is 5.61. The monoisotopic (exact) mass is 354 g/mol. The normalized spacial score (nSPS) is 10.2. The van der Waals surface area contributed by atoms with Crippen LogP contribution in [0.5, 0.6) is 5.75 Å². The maximum absolute atomic E-state index is 12.0. The van der Waals surface area contributed by atoms with E-state index in [0.29, 0.717) is 25.3 Å². The van der Waals surface area contributed by atoms with Crippen molar-refractivity contribution in [3.05, 3.63) is 65.2 Å². The van der Waals surface area contributed by atoms with Crippen LogP contribution in [0.4, 0.5) is 0 Å². The number of rotatable bonds is 9. The Morgan fingerprint density at radius 2 is 1.77 bits per heavy atom. The molecule has 0 spiro atoms. The molecule has 2 N–H and O–H groups in total. The Morgan fingerprint density at radius 1 is 0.962 bits per heavy atom. The number of hydrogen-bond acceptors (Lipinski definition) is 3. The Hall–Kier alpha value is -2.82. The van der Waals surface area contributed by atoms with Gasteiger partial charge in [-0.2, -0.15) is 0 Å². The third kappa shape index (κ3) is 6.59. The summed E-state index contributed by atoms with van der Waals surface area (Å²) < 4.78 is 5.63. The summed E-state index contributed by atoms with van der Waals surface area (Å²) in [5.74, 6) is 0.614. The maximum Gasteiger partial charge on any atom is 0.251 e. The predicted molar refractivity (Wildman–Crippen MR) is 102 cm³/mol. The first-order valence-corrected chi connectivity index (χ1v) is 8.86. The van der Waals surface area contributed by atoms with Gasteiger partial charge in [-0.05, 0) is 49.6 Å². The van der Waals surface area contributed by atoms with Crippen molar-refractivity contribution in [1.82, 2.24) is 10.6 Å². The number of benzene rings is 2. The minimum atomic E-state index is -0.151. The molecule has 5 nitrogen and oxygen atoms in total. The van der Waals surface area contributed by atoms with E-state index in [-0.39, 0.29) is 18.2 Å². The van der Waals surface area contributed by atoms with Crippen molar-refractivity contribution >= 4 is 11.8 Å². The van der Waals surface area contributed by atoms with Crippen molar-refractivity contribution in [1.29, 1.82) is 0 Å². The zero-order valence-electron chi connectivity index (χ0n) is 15.4. The van der Waals surface area contributed by atoms with Gasteiger partial charge in [0.05, 0.1) is 6.61 Å². The summed E-state index contributed by atoms with van der Waals surface area (Å²) in [5.41, 5.74) is 2.72. The molecule has 0 unspecified atom stereocenters. The van der Waals surface area contributed by atoms with Gasteiger partial charge in [0.2, 0.25) is 5.91 Å². The Balaban J connectivity index is 1.56. The first-order valence-electron chi connectivity index (χ1n) is 8.86. The second-order valence-corrected chi connectivity index (χ2v) is 6.19. The van der Waals surface area contributed by atoms with E-state index in [1.54, 1.807) is 6.07 Å². The molecule has 138 valence electrons. The standard InChI is InChI=1S/C21H26N2O3/c1-16-7-5-9-18(15-16)26-14-6-12-22-20(24)11-13-23-21(25)19-10-4-3-8-17(19)2/h3-5,7-10,15H,6,11-14H2,1-2H3,(H,22,24)(H,23,25). The number of carbonyl (C=O) groups excluding carboxylic acids is 2. The molecule has 0 radical (unpaired) electrons. The van der Waals surface area contributed by atoms with E-state index in [1.165, 1.54) is 0 Å². The molecule has 0 atom stereocenters. The third-order valence-electron chi connectivity index (χ3n) is 3.93. The summed E-state index contributed by atoms with van der Waals surface area (Å²) in [6, 6.07) is 15.3. The maximum atomic E-state index is 12.0. The van der Waals surface area contributed by atoms with Crippen LogP contribution in [-0.2, 0) is 4.79 Å². The first kappa shape index (κ1) is 19.5. The highest BCUT2D eigenvalue weighted by Gasteiger charge is 2.08. The lowest BCUT2D eigenvalue weighted by Crippen LogP contribution is -2.31. The van der Waals surface area contributed by atoms with Gasteiger partial charge in [0.1, 0.15) is 5.75 Å². The van der Waals surface area contributed by atoms with E-state index in [2.05, 4.69) is 10.6 Å². The van der Waals surface area contributed by atoms with Gasteiger partial charge in [-0.15, -0.1) is 0 Å². The van der Waals surface area contributed by atoms with Gasteiger partial charge < -0.3 is 15.4 Å². The van der Waals surface area contributed by atoms with Crippen molar-refractivity contribution in [3.8, 4) is 5.75 Å². The number of nitrogens with one attached hydrogen (secondary N) is 2. The predicted octanol–water partition coefficient (Wildman–Crippen LogP) is 3.01. The lowest BCUT2D eigenvalue weighted by molar-refractivity contribution is -0.120. The molecule has 0 saturated heterocycles. The van der Waals surface area contributed by atoms with Crippen molar-refractivity contribution in [2.45, 2.75) is 26.7 Å². The van der Waals surface area contributed by atoms with E-state index in [9.17, 15) is 9.59 Å². The smallest absolute Gasteiger partial charge is 0.251 e. The van der Waals surface area contributed by atoms with E-state index >= 15 is 0 Å². The van der Waals surface area contributed by atoms with Crippen LogP contribution in [-0.4, -0.2) is 31.5 Å². The highest BCUT2D eigenvalue weighted by molar-refractivity contribution is 5.95. The second-order valence-electron chi connectivity index (χ2n) is 6.19. The highest BCUT2D eigenvalue weighted by Crippen LogP contribution is 2.12. The molecule has 2 amide bonds. The van der Waals surface area contributed by atoms with Crippen molar-refractivity contribution in [2.24, 2.45) is 0 Å². The molecule has 0 bridgehead atoms. The quantitative estimate of drug-likeness (QED) is 0.680. The van der Waals surface area contributed by atoms with E-state index < -0.39 is 0 Å². The molecule has 0 saturated carbocycles. The largest absolute Gasteiger partial charge is 0.494 e. The molecule has 2 aromatic rings. The molecule has 0 aliphatic rings. The molecule has 0 aliphatic carbocycles. The lowest BCUT2D eigenvalue weighted by Gasteiger charge is -2.09. The van der Waals surface area contributed by atoms with Gasteiger partial charge in [-0.3, -0.25) is 9.59 Å². The third-order valence-corrected chi connectivity index (χ3v) is 3.93. The Bertz CT molecular complexity index is 744. The summed E-state index contributed by atoms with van der Waals surface area (Å²) in [6.45, 7) is 5.33. The summed E-state index contributed by atoms with van der Waals surface area (Å²) in [6.07, 6.45) is 0.992. The van der Waals surface area contributed by atoms with Crippen LogP contribution in [0.1, 0.15) is 34.3 Å². The van der Waals surface area contributed by atoms with Crippen LogP contribution in [0.15, 0.2) is 48.5 Å². The molecule has 0 aliphatic heterocycles. The highest BCUT2D eigenvalue weighted by atomic mass is 16.5. The molecule has 2 rings (SSSR count). The van der Waals surface area contributed by atoms with Crippen LogP contribution in [0.2, 0.25) is 0 Å². The zero-order valence-corrected chi connectivity index (χ0v) is 15.4. The second kappa shape index (κ2) is 10.2. The number of carbonyl (C=O) groups is 2. The molecule has 5 heteroatoms. The van der Waals surface area contributed by atoms with Gasteiger partial charge in [0.15, 0.2) is 0 Å². The zero-order chi connectivity index (χ0) is 18.8. The summed E-state index contributed by atoms with van der Waals surface area (Å²) >= 11 is 0. The van der Waals surface area contributed by atoms with Crippen LogP contribution >= 0.6 is 0 Å². The molecule has 26 heavy (non-hydrogen) atoms. The van der Waals surface area contributed by atoms with Gasteiger partial charge in [0, 0.05) is 25.1 Å². The minimum Gasteiger partial charge on any atom is -0.494 e. The van der Waals surface area contributed by atoms with Crippen LogP contribution in [0.3, 0.4) is 0 Å². The molecular weight excluding hydrogens is 328 g/mol. The molecule has 0 fully saturated rings. The number of aryl methyl sites for hydroxylation is 2. The van der Waals surface area contributed by atoms with Crippen molar-refractivity contribution < 1.29 is 14.3 Å². The van der Waals surface area contributed by atoms with Gasteiger partial charge in [-0.25, -0.2) is 0 Å². The van der Waals surface area contributed by atoms with Gasteiger partial charge in [-0.1, -0.05) is 30.3 Å². The number of hydrogen-bond donors (Lipinski definition) is 2. The fraction of sp³-hybridized carbons (Fsp3) is 0.333. The average molecular weight is 354 g/mol. The van der Waals surface area contributed by atoms with E-state index in [1.807, 2.05) is 56.3 Å². The Morgan fingerprint density at radius 3 is 2.54 bits per heavy atom. The minimum absolute atomic E-state index is 0.0781. The van der Waals surface area contributed by atoms with Gasteiger partial charge >= 0.3 is 0 Å². The molecule has 0 heterocycles. The molecule has 2 aromatic carbocycles. The van der Waals surface area contributed by atoms with Crippen LogP contribution in [0.25, 0.3) is 0 Å². The van der Waals surface area contributed by atoms with Crippen molar-refractivity contribution in [2.75, 3.05) is 19.7 Å². The van der Waals surface area contributed by atoms with Gasteiger partial charge in [0.25, 0.3) is 5.91 Å². The number of amides is 2. The van der Waals surface area contributed by atoms with Crippen molar-refractivity contribution in [3.63, 3.8) is 0 Å². The Labute approximate surface area is 154 Å². The molecular formula is C21H26N2O3. The molecule has 0 aromatic heterocycles.